The fourth-order valence-corrected chi connectivity index (χ4v) is 3.54. The fourth-order valence-electron chi connectivity index (χ4n) is 3.16. The number of furan rings is 1. The molecule has 0 atom stereocenters. The number of hydrogen-bond acceptors (Lipinski definition) is 8. The molecule has 0 aliphatic heterocycles. The van der Waals surface area contributed by atoms with Crippen molar-refractivity contribution in [1.29, 1.82) is 0 Å². The summed E-state index contributed by atoms with van der Waals surface area (Å²) in [6, 6.07) is 19.2. The Morgan fingerprint density at radius 2 is 1.74 bits per heavy atom. The number of halogens is 1. The zero-order chi connectivity index (χ0) is 27.1. The molecule has 0 saturated carbocycles. The lowest BCUT2D eigenvalue weighted by Gasteiger charge is -2.08. The maximum Gasteiger partial charge on any atom is 0.379 e. The predicted molar refractivity (Wildman–Crippen MR) is 140 cm³/mol. The average Bonchev–Trinajstić information content (AvgIpc) is 3.46. The quantitative estimate of drug-likeness (QED) is 0.0961. The van der Waals surface area contributed by atoms with Crippen LogP contribution in [0.1, 0.15) is 36.8 Å². The molecule has 4 rings (SSSR count). The summed E-state index contributed by atoms with van der Waals surface area (Å²) in [7, 11) is 0. The van der Waals surface area contributed by atoms with Crippen molar-refractivity contribution in [3.8, 4) is 5.75 Å². The van der Waals surface area contributed by atoms with Gasteiger partial charge in [0.05, 0.1) is 17.4 Å². The minimum Gasteiger partial charge on any atom is -0.457 e. The Bertz CT molecular complexity index is 1530. The first-order valence-corrected chi connectivity index (χ1v) is 11.6. The van der Waals surface area contributed by atoms with Crippen LogP contribution in [0.3, 0.4) is 0 Å². The first kappa shape index (κ1) is 26.0. The molecule has 4 aromatic rings. The third-order valence-corrected chi connectivity index (χ3v) is 5.48. The Balaban J connectivity index is 1.41. The number of hydrazone groups is 1. The number of carbonyl (C=O) groups is 3. The van der Waals surface area contributed by atoms with Gasteiger partial charge < -0.3 is 14.5 Å². The number of anilines is 1. The van der Waals surface area contributed by atoms with E-state index in [9.17, 15) is 24.5 Å². The van der Waals surface area contributed by atoms with Crippen LogP contribution in [0.4, 0.5) is 11.4 Å². The molecule has 0 saturated heterocycles. The van der Waals surface area contributed by atoms with E-state index in [1.54, 1.807) is 36.4 Å². The Hall–Kier alpha value is -5.10. The van der Waals surface area contributed by atoms with Gasteiger partial charge >= 0.3 is 5.97 Å². The zero-order valence-electron chi connectivity index (χ0n) is 19.3. The summed E-state index contributed by atoms with van der Waals surface area (Å²) in [6.45, 7) is 0. The largest absolute Gasteiger partial charge is 0.457 e. The molecule has 2 amide bonds. The number of rotatable bonds is 8. The molecular weight excluding hydrogens is 560 g/mol. The molecule has 11 nitrogen and oxygen atoms in total. The normalized spacial score (nSPS) is 10.7. The van der Waals surface area contributed by atoms with Gasteiger partial charge in [0, 0.05) is 39.0 Å². The van der Waals surface area contributed by atoms with Crippen LogP contribution >= 0.6 is 15.9 Å². The first-order chi connectivity index (χ1) is 18.3. The lowest BCUT2D eigenvalue weighted by Crippen LogP contribution is -2.18. The number of amides is 2. The molecular formula is C26H17BrN4O7. The maximum atomic E-state index is 12.6. The van der Waals surface area contributed by atoms with E-state index in [-0.39, 0.29) is 28.3 Å². The third-order valence-electron chi connectivity index (χ3n) is 4.99. The van der Waals surface area contributed by atoms with Gasteiger partial charge in [0.15, 0.2) is 0 Å². The number of nitro groups is 1. The highest BCUT2D eigenvalue weighted by Crippen LogP contribution is 2.23. The SMILES string of the molecule is O=C(NN=Cc1cc(Br)ccc1OC(=O)c1ccco1)c1cccc(NC(=O)c2ccc([N+](=O)[O-])cc2)c1. The number of nitrogens with zero attached hydrogens (tertiary/aromatic N) is 2. The Morgan fingerprint density at radius 1 is 0.947 bits per heavy atom. The summed E-state index contributed by atoms with van der Waals surface area (Å²) in [4.78, 5) is 47.5. The first-order valence-electron chi connectivity index (χ1n) is 10.8. The van der Waals surface area contributed by atoms with Crippen LogP contribution in [-0.4, -0.2) is 28.9 Å². The van der Waals surface area contributed by atoms with Crippen molar-refractivity contribution in [1.82, 2.24) is 5.43 Å². The van der Waals surface area contributed by atoms with E-state index < -0.39 is 22.7 Å². The topological polar surface area (TPSA) is 153 Å². The van der Waals surface area contributed by atoms with E-state index in [1.807, 2.05) is 0 Å². The van der Waals surface area contributed by atoms with Crippen LogP contribution in [0.2, 0.25) is 0 Å². The molecule has 0 unspecified atom stereocenters. The molecule has 2 N–H and O–H groups in total. The van der Waals surface area contributed by atoms with Gasteiger partial charge in [-0.3, -0.25) is 19.7 Å². The summed E-state index contributed by atoms with van der Waals surface area (Å²) >= 11 is 3.34. The van der Waals surface area contributed by atoms with Crippen molar-refractivity contribution >= 4 is 51.3 Å². The van der Waals surface area contributed by atoms with E-state index >= 15 is 0 Å². The molecule has 0 fully saturated rings. The molecule has 1 aromatic heterocycles. The summed E-state index contributed by atoms with van der Waals surface area (Å²) in [6.07, 6.45) is 2.67. The van der Waals surface area contributed by atoms with Crippen molar-refractivity contribution in [3.05, 3.63) is 122 Å². The third kappa shape index (κ3) is 6.56. The van der Waals surface area contributed by atoms with Crippen molar-refractivity contribution in [2.45, 2.75) is 0 Å². The van der Waals surface area contributed by atoms with Crippen molar-refractivity contribution in [3.63, 3.8) is 0 Å². The lowest BCUT2D eigenvalue weighted by molar-refractivity contribution is -0.384. The van der Waals surface area contributed by atoms with Crippen LogP contribution < -0.4 is 15.5 Å². The maximum absolute atomic E-state index is 12.6. The van der Waals surface area contributed by atoms with E-state index in [1.165, 1.54) is 54.9 Å². The Kier molecular flexibility index (Phi) is 8.04. The molecule has 0 radical (unpaired) electrons. The fraction of sp³-hybridized carbons (Fsp3) is 0. The Morgan fingerprint density at radius 3 is 2.45 bits per heavy atom. The van der Waals surface area contributed by atoms with Gasteiger partial charge in [-0.15, -0.1) is 0 Å². The summed E-state index contributed by atoms with van der Waals surface area (Å²) in [5, 5.41) is 17.4. The predicted octanol–water partition coefficient (Wildman–Crippen LogP) is 5.19. The number of esters is 1. The van der Waals surface area contributed by atoms with Gasteiger partial charge in [0.1, 0.15) is 5.75 Å². The van der Waals surface area contributed by atoms with Crippen LogP contribution in [0.15, 0.2) is 99.1 Å². The number of nitrogens with one attached hydrogen (secondary N) is 2. The molecule has 12 heteroatoms. The lowest BCUT2D eigenvalue weighted by atomic mass is 10.1. The zero-order valence-corrected chi connectivity index (χ0v) is 20.9. The van der Waals surface area contributed by atoms with Gasteiger partial charge in [-0.2, -0.15) is 5.10 Å². The minimum absolute atomic E-state index is 0.0321. The number of hydrogen-bond donors (Lipinski definition) is 2. The molecule has 0 aliphatic rings. The van der Waals surface area contributed by atoms with Gasteiger partial charge in [0.25, 0.3) is 17.5 Å². The van der Waals surface area contributed by atoms with Crippen molar-refractivity contribution in [2.75, 3.05) is 5.32 Å². The minimum atomic E-state index is -0.691. The Labute approximate surface area is 223 Å². The van der Waals surface area contributed by atoms with Crippen LogP contribution in [-0.2, 0) is 0 Å². The highest BCUT2D eigenvalue weighted by molar-refractivity contribution is 9.10. The molecule has 0 aliphatic carbocycles. The van der Waals surface area contributed by atoms with E-state index in [4.69, 9.17) is 9.15 Å². The standard InChI is InChI=1S/C26H17BrN4O7/c27-19-8-11-22(38-26(34)23-5-2-12-37-23)18(13-19)15-28-30-25(33)17-3-1-4-20(14-17)29-24(32)16-6-9-21(10-7-16)31(35)36/h1-15H,(H,29,32)(H,30,33). The second kappa shape index (κ2) is 11.8. The van der Waals surface area contributed by atoms with Gasteiger partial charge in [-0.1, -0.05) is 22.0 Å². The molecule has 190 valence electrons. The van der Waals surface area contributed by atoms with Gasteiger partial charge in [-0.25, -0.2) is 10.2 Å². The summed E-state index contributed by atoms with van der Waals surface area (Å²) in [5.41, 5.74) is 3.42. The number of carbonyl (C=O) groups excluding carboxylic acids is 3. The second-order valence-corrected chi connectivity index (χ2v) is 8.50. The number of non-ortho nitro benzene ring substituents is 1. The number of ether oxygens (including phenoxy) is 1. The van der Waals surface area contributed by atoms with Gasteiger partial charge in [-0.05, 0) is 60.7 Å². The molecule has 3 aromatic carbocycles. The van der Waals surface area contributed by atoms with E-state index in [0.29, 0.717) is 15.7 Å². The highest BCUT2D eigenvalue weighted by atomic mass is 79.9. The molecule has 38 heavy (non-hydrogen) atoms. The second-order valence-electron chi connectivity index (χ2n) is 7.59. The molecule has 1 heterocycles. The van der Waals surface area contributed by atoms with Crippen molar-refractivity contribution < 1.29 is 28.5 Å². The molecule has 0 bridgehead atoms. The van der Waals surface area contributed by atoms with Crippen LogP contribution in [0.25, 0.3) is 0 Å². The average molecular weight is 577 g/mol. The number of nitro benzene ring substituents is 1. The summed E-state index contributed by atoms with van der Waals surface area (Å²) in [5.74, 6) is -1.52. The van der Waals surface area contributed by atoms with Gasteiger partial charge in [0.2, 0.25) is 5.76 Å². The monoisotopic (exact) mass is 576 g/mol. The van der Waals surface area contributed by atoms with Crippen LogP contribution in [0, 0.1) is 10.1 Å². The highest BCUT2D eigenvalue weighted by Gasteiger charge is 2.14. The van der Waals surface area contributed by atoms with Crippen molar-refractivity contribution in [2.24, 2.45) is 5.10 Å². The van der Waals surface area contributed by atoms with E-state index in [0.717, 1.165) is 0 Å². The smallest absolute Gasteiger partial charge is 0.379 e. The number of benzene rings is 3. The summed E-state index contributed by atoms with van der Waals surface area (Å²) < 4.78 is 11.1. The molecule has 0 spiro atoms. The van der Waals surface area contributed by atoms with Crippen LogP contribution in [0.5, 0.6) is 5.75 Å². The van der Waals surface area contributed by atoms with E-state index in [2.05, 4.69) is 31.8 Å².